The number of carbonyl (C=O) groups excluding carboxylic acids is 1. The van der Waals surface area contributed by atoms with Crippen LogP contribution >= 0.6 is 24.0 Å². The molecule has 0 aliphatic carbocycles. The van der Waals surface area contributed by atoms with Gasteiger partial charge in [0.05, 0.1) is 5.37 Å². The van der Waals surface area contributed by atoms with Gasteiger partial charge < -0.3 is 9.30 Å². The summed E-state index contributed by atoms with van der Waals surface area (Å²) in [5, 5.41) is 10.8. The zero-order valence-corrected chi connectivity index (χ0v) is 9.97. The first kappa shape index (κ1) is 12.1. The number of rotatable bonds is 5. The summed E-state index contributed by atoms with van der Waals surface area (Å²) in [5.41, 5.74) is 0. The Balaban J connectivity index is 2.44. The van der Waals surface area contributed by atoms with E-state index in [9.17, 15) is 4.79 Å². The quantitative estimate of drug-likeness (QED) is 0.432. The van der Waals surface area contributed by atoms with Crippen molar-refractivity contribution in [3.05, 3.63) is 6.33 Å². The van der Waals surface area contributed by atoms with Gasteiger partial charge in [0.15, 0.2) is 5.16 Å². The van der Waals surface area contributed by atoms with E-state index < -0.39 is 6.10 Å². The molecule has 81 valence electrons. The molecule has 1 aromatic rings. The Hall–Kier alpha value is -0.950. The fraction of sp³-hybridized carbons (Fsp3) is 0.500. The molecular formula is C8H10N3O2S2. The fourth-order valence-electron chi connectivity index (χ4n) is 0.846. The molecule has 15 heavy (non-hydrogen) atoms. The number of carbonyl (C=O) groups is 1. The molecule has 1 rings (SSSR count). The lowest BCUT2D eigenvalue weighted by atomic mass is 10.5. The molecule has 0 aliphatic rings. The Bertz CT molecular complexity index is 353. The number of hydrogen-bond donors (Lipinski definition) is 0. The smallest absolute Gasteiger partial charge is 0.303 e. The average molecular weight is 244 g/mol. The van der Waals surface area contributed by atoms with Crippen LogP contribution in [0.5, 0.6) is 0 Å². The van der Waals surface area contributed by atoms with Gasteiger partial charge in [-0.15, -0.1) is 10.2 Å². The third-order valence-corrected chi connectivity index (χ3v) is 2.83. The van der Waals surface area contributed by atoms with E-state index in [0.717, 1.165) is 5.16 Å². The zero-order chi connectivity index (χ0) is 11.3. The Morgan fingerprint density at radius 1 is 1.87 bits per heavy atom. The minimum Gasteiger partial charge on any atom is -0.456 e. The van der Waals surface area contributed by atoms with Crippen molar-refractivity contribution >= 4 is 35.3 Å². The van der Waals surface area contributed by atoms with E-state index in [1.54, 1.807) is 10.9 Å². The first-order valence-electron chi connectivity index (χ1n) is 4.15. The maximum absolute atomic E-state index is 10.7. The average Bonchev–Trinajstić information content (AvgIpc) is 2.58. The van der Waals surface area contributed by atoms with Gasteiger partial charge in [-0.1, -0.05) is 24.0 Å². The number of thiocarbonyl (C=S) groups is 1. The summed E-state index contributed by atoms with van der Waals surface area (Å²) in [5.74, 6) is 0.131. The molecule has 5 nitrogen and oxygen atoms in total. The van der Waals surface area contributed by atoms with E-state index in [1.165, 1.54) is 18.7 Å². The molecule has 1 radical (unpaired) electrons. The highest BCUT2D eigenvalue weighted by atomic mass is 32.2. The lowest BCUT2D eigenvalue weighted by molar-refractivity contribution is -0.142. The molecule has 0 aliphatic heterocycles. The van der Waals surface area contributed by atoms with Crippen molar-refractivity contribution in [1.82, 2.24) is 14.8 Å². The van der Waals surface area contributed by atoms with Gasteiger partial charge in [0.1, 0.15) is 12.4 Å². The summed E-state index contributed by atoms with van der Waals surface area (Å²) in [6.07, 6.45) is 1.11. The monoisotopic (exact) mass is 244 g/mol. The van der Waals surface area contributed by atoms with Crippen LogP contribution in [0.4, 0.5) is 0 Å². The van der Waals surface area contributed by atoms with Gasteiger partial charge >= 0.3 is 5.97 Å². The SMILES string of the molecule is CC(=O)OC([C]=S)CSc1nncn1C. The number of hydrogen-bond acceptors (Lipinski definition) is 6. The van der Waals surface area contributed by atoms with Crippen molar-refractivity contribution in [2.24, 2.45) is 7.05 Å². The van der Waals surface area contributed by atoms with Gasteiger partial charge in [-0.05, 0) is 0 Å². The third kappa shape index (κ3) is 3.96. The molecule has 1 aromatic heterocycles. The fourth-order valence-corrected chi connectivity index (χ4v) is 1.89. The molecule has 0 fully saturated rings. The van der Waals surface area contributed by atoms with E-state index in [-0.39, 0.29) is 5.97 Å². The number of aryl methyl sites for hydroxylation is 1. The lowest BCUT2D eigenvalue weighted by Crippen LogP contribution is -2.19. The van der Waals surface area contributed by atoms with Gasteiger partial charge in [0, 0.05) is 19.7 Å². The van der Waals surface area contributed by atoms with Crippen LogP contribution in [0.2, 0.25) is 0 Å². The number of nitrogens with zero attached hydrogens (tertiary/aromatic N) is 3. The molecule has 0 aromatic carbocycles. The summed E-state index contributed by atoms with van der Waals surface area (Å²) < 4.78 is 6.68. The van der Waals surface area contributed by atoms with Crippen LogP contribution in [0.15, 0.2) is 11.5 Å². The zero-order valence-electron chi connectivity index (χ0n) is 8.34. The van der Waals surface area contributed by atoms with Gasteiger partial charge in [0.25, 0.3) is 0 Å². The predicted molar refractivity (Wildman–Crippen MR) is 59.9 cm³/mol. The summed E-state index contributed by atoms with van der Waals surface area (Å²) in [4.78, 5) is 10.7. The Kier molecular flexibility index (Phi) is 4.70. The van der Waals surface area contributed by atoms with Crippen molar-refractivity contribution in [1.29, 1.82) is 0 Å². The Morgan fingerprint density at radius 3 is 3.07 bits per heavy atom. The van der Waals surface area contributed by atoms with Crippen molar-refractivity contribution in [3.8, 4) is 0 Å². The molecule has 0 bridgehead atoms. The number of thioether (sulfide) groups is 1. The van der Waals surface area contributed by atoms with Crippen LogP contribution < -0.4 is 0 Å². The molecule has 1 unspecified atom stereocenters. The molecule has 0 saturated carbocycles. The van der Waals surface area contributed by atoms with E-state index >= 15 is 0 Å². The van der Waals surface area contributed by atoms with Gasteiger partial charge in [0.2, 0.25) is 0 Å². The van der Waals surface area contributed by atoms with E-state index in [4.69, 9.17) is 4.74 Å². The topological polar surface area (TPSA) is 57.0 Å². The maximum atomic E-state index is 10.7. The highest BCUT2D eigenvalue weighted by Gasteiger charge is 2.11. The van der Waals surface area contributed by atoms with Crippen LogP contribution in [0.25, 0.3) is 0 Å². The molecule has 0 amide bonds. The summed E-state index contributed by atoms with van der Waals surface area (Å²) >= 11 is 6.05. The molecular weight excluding hydrogens is 234 g/mol. The number of esters is 1. The molecule has 0 saturated heterocycles. The normalized spacial score (nSPS) is 12.1. The van der Waals surface area contributed by atoms with Crippen molar-refractivity contribution in [2.45, 2.75) is 18.2 Å². The molecule has 1 heterocycles. The van der Waals surface area contributed by atoms with Crippen molar-refractivity contribution < 1.29 is 9.53 Å². The van der Waals surface area contributed by atoms with Crippen LogP contribution in [0, 0.1) is 0 Å². The third-order valence-electron chi connectivity index (χ3n) is 1.47. The molecule has 7 heteroatoms. The van der Waals surface area contributed by atoms with Gasteiger partial charge in [-0.3, -0.25) is 4.79 Å². The maximum Gasteiger partial charge on any atom is 0.303 e. The summed E-state index contributed by atoms with van der Waals surface area (Å²) in [6, 6.07) is 0. The van der Waals surface area contributed by atoms with E-state index in [1.807, 2.05) is 7.05 Å². The first-order valence-corrected chi connectivity index (χ1v) is 5.54. The lowest BCUT2D eigenvalue weighted by Gasteiger charge is -2.09. The van der Waals surface area contributed by atoms with Crippen LogP contribution in [-0.2, 0) is 16.6 Å². The number of ether oxygens (including phenoxy) is 1. The second-order valence-corrected chi connectivity index (χ2v) is 3.97. The highest BCUT2D eigenvalue weighted by molar-refractivity contribution is 7.99. The highest BCUT2D eigenvalue weighted by Crippen LogP contribution is 2.15. The van der Waals surface area contributed by atoms with Crippen molar-refractivity contribution in [2.75, 3.05) is 5.75 Å². The predicted octanol–water partition coefficient (Wildman–Crippen LogP) is 0.716. The second kappa shape index (κ2) is 5.82. The first-order chi connectivity index (χ1) is 7.13. The van der Waals surface area contributed by atoms with Crippen LogP contribution in [-0.4, -0.2) is 38.0 Å². The molecule has 0 N–H and O–H groups in total. The Labute approximate surface area is 97.2 Å². The second-order valence-electron chi connectivity index (χ2n) is 2.75. The Morgan fingerprint density at radius 2 is 2.60 bits per heavy atom. The van der Waals surface area contributed by atoms with Gasteiger partial charge in [-0.2, -0.15) is 0 Å². The van der Waals surface area contributed by atoms with Crippen LogP contribution in [0.1, 0.15) is 6.92 Å². The van der Waals surface area contributed by atoms with E-state index in [0.29, 0.717) is 5.75 Å². The minimum absolute atomic E-state index is 0.365. The standard InChI is InChI=1S/C8H10N3O2S2/c1-6(12)13-7(3-14)4-15-8-10-9-5-11(8)2/h5,7H,4H2,1-2H3. The summed E-state index contributed by atoms with van der Waals surface area (Å²) in [6.45, 7) is 1.34. The van der Waals surface area contributed by atoms with Crippen LogP contribution in [0.3, 0.4) is 0 Å². The van der Waals surface area contributed by atoms with E-state index in [2.05, 4.69) is 27.8 Å². The summed E-state index contributed by atoms with van der Waals surface area (Å²) in [7, 11) is 1.84. The van der Waals surface area contributed by atoms with Gasteiger partial charge in [-0.25, -0.2) is 0 Å². The molecule has 0 spiro atoms. The molecule has 1 atom stereocenters. The van der Waals surface area contributed by atoms with Crippen molar-refractivity contribution in [3.63, 3.8) is 0 Å². The largest absolute Gasteiger partial charge is 0.456 e. The minimum atomic E-state index is -0.487. The number of aromatic nitrogens is 3.